The quantitative estimate of drug-likeness (QED) is 0.879. The molecule has 0 aliphatic rings. The molecule has 0 spiro atoms. The largest absolute Gasteiger partial charge is 0.324 e. The zero-order valence-corrected chi connectivity index (χ0v) is 13.6. The number of para-hydroxylation sites is 1. The molecule has 0 saturated carbocycles. The third kappa shape index (κ3) is 4.52. The van der Waals surface area contributed by atoms with Crippen LogP contribution in [0.4, 0.5) is 5.69 Å². The monoisotopic (exact) mass is 330 g/mol. The van der Waals surface area contributed by atoms with E-state index in [1.54, 1.807) is 18.2 Å². The number of thioether (sulfide) groups is 1. The molecule has 0 aromatic heterocycles. The van der Waals surface area contributed by atoms with Crippen molar-refractivity contribution in [3.63, 3.8) is 0 Å². The van der Waals surface area contributed by atoms with Crippen LogP contribution in [0.1, 0.15) is 18.1 Å². The van der Waals surface area contributed by atoms with Gasteiger partial charge in [-0.05, 0) is 36.8 Å². The van der Waals surface area contributed by atoms with E-state index >= 15 is 0 Å². The van der Waals surface area contributed by atoms with Gasteiger partial charge < -0.3 is 5.32 Å². The van der Waals surface area contributed by atoms with Crippen molar-refractivity contribution in [3.8, 4) is 6.07 Å². The molecule has 0 fully saturated rings. The fraction of sp³-hybridized carbons (Fsp3) is 0.176. The van der Waals surface area contributed by atoms with Crippen LogP contribution in [0.5, 0.6) is 0 Å². The minimum Gasteiger partial charge on any atom is -0.324 e. The Bertz CT molecular complexity index is 712. The third-order valence-corrected chi connectivity index (χ3v) is 4.60. The first-order chi connectivity index (χ1) is 10.6. The average molecular weight is 331 g/mol. The van der Waals surface area contributed by atoms with Gasteiger partial charge in [0.05, 0.1) is 27.6 Å². The number of halogens is 1. The van der Waals surface area contributed by atoms with Crippen molar-refractivity contribution < 1.29 is 4.79 Å². The van der Waals surface area contributed by atoms with Crippen molar-refractivity contribution in [1.82, 2.24) is 0 Å². The molecule has 0 heterocycles. The predicted octanol–water partition coefficient (Wildman–Crippen LogP) is 4.47. The van der Waals surface area contributed by atoms with Crippen molar-refractivity contribution in [2.24, 2.45) is 0 Å². The lowest BCUT2D eigenvalue weighted by atomic mass is 10.2. The Balaban J connectivity index is 1.91. The van der Waals surface area contributed by atoms with E-state index in [9.17, 15) is 4.79 Å². The van der Waals surface area contributed by atoms with E-state index in [0.29, 0.717) is 22.0 Å². The first-order valence-corrected chi connectivity index (χ1v) is 8.19. The fourth-order valence-corrected chi connectivity index (χ4v) is 2.84. The van der Waals surface area contributed by atoms with E-state index in [1.807, 2.05) is 37.3 Å². The van der Waals surface area contributed by atoms with Gasteiger partial charge in [0.2, 0.25) is 5.91 Å². The molecule has 0 radical (unpaired) electrons. The molecule has 0 bridgehead atoms. The Morgan fingerprint density at radius 2 is 2.09 bits per heavy atom. The molecule has 22 heavy (non-hydrogen) atoms. The molecule has 1 unspecified atom stereocenters. The number of rotatable bonds is 5. The number of nitrogens with one attached hydrogen (secondary N) is 1. The van der Waals surface area contributed by atoms with E-state index in [4.69, 9.17) is 16.9 Å². The van der Waals surface area contributed by atoms with E-state index in [-0.39, 0.29) is 11.2 Å². The number of nitrogens with zero attached hydrogens (tertiary/aromatic N) is 1. The number of hydrogen-bond acceptors (Lipinski definition) is 3. The van der Waals surface area contributed by atoms with Gasteiger partial charge in [0.1, 0.15) is 0 Å². The first kappa shape index (κ1) is 16.4. The highest BCUT2D eigenvalue weighted by Crippen LogP contribution is 2.23. The summed E-state index contributed by atoms with van der Waals surface area (Å²) in [5.74, 6) is 0.585. The van der Waals surface area contributed by atoms with Gasteiger partial charge in [0.25, 0.3) is 0 Å². The van der Waals surface area contributed by atoms with E-state index < -0.39 is 0 Å². The Morgan fingerprint density at radius 3 is 2.82 bits per heavy atom. The maximum Gasteiger partial charge on any atom is 0.237 e. The summed E-state index contributed by atoms with van der Waals surface area (Å²) in [4.78, 5) is 12.2. The topological polar surface area (TPSA) is 52.9 Å². The number of nitriles is 1. The Morgan fingerprint density at radius 1 is 1.32 bits per heavy atom. The molecule has 0 aliphatic carbocycles. The minimum atomic E-state index is -0.220. The predicted molar refractivity (Wildman–Crippen MR) is 92.0 cm³/mol. The SMILES string of the molecule is CC(SCc1cccc(C#N)c1)C(=O)Nc1ccccc1Cl. The second-order valence-electron chi connectivity index (χ2n) is 4.73. The van der Waals surface area contributed by atoms with Crippen LogP contribution in [0.15, 0.2) is 48.5 Å². The molecule has 2 aromatic rings. The zero-order chi connectivity index (χ0) is 15.9. The molecule has 112 valence electrons. The van der Waals surface area contributed by atoms with E-state index in [2.05, 4.69) is 11.4 Å². The van der Waals surface area contributed by atoms with Gasteiger partial charge in [-0.3, -0.25) is 4.79 Å². The number of benzene rings is 2. The molecule has 3 nitrogen and oxygen atoms in total. The van der Waals surface area contributed by atoms with Crippen LogP contribution in [0.25, 0.3) is 0 Å². The summed E-state index contributed by atoms with van der Waals surface area (Å²) in [6.07, 6.45) is 0. The lowest BCUT2D eigenvalue weighted by Gasteiger charge is -2.13. The second-order valence-corrected chi connectivity index (χ2v) is 6.47. The van der Waals surface area contributed by atoms with Gasteiger partial charge in [0, 0.05) is 5.75 Å². The highest BCUT2D eigenvalue weighted by molar-refractivity contribution is 7.99. The third-order valence-electron chi connectivity index (χ3n) is 3.06. The molecule has 1 N–H and O–H groups in total. The van der Waals surface area contributed by atoms with Gasteiger partial charge in [-0.2, -0.15) is 5.26 Å². The average Bonchev–Trinajstić information content (AvgIpc) is 2.54. The summed E-state index contributed by atoms with van der Waals surface area (Å²) in [6.45, 7) is 1.85. The van der Waals surface area contributed by atoms with Crippen molar-refractivity contribution in [1.29, 1.82) is 5.26 Å². The van der Waals surface area contributed by atoms with Gasteiger partial charge in [-0.1, -0.05) is 35.9 Å². The Labute approximate surface area is 139 Å². The highest BCUT2D eigenvalue weighted by atomic mass is 35.5. The van der Waals surface area contributed by atoms with E-state index in [1.165, 1.54) is 11.8 Å². The summed E-state index contributed by atoms with van der Waals surface area (Å²) in [7, 11) is 0. The lowest BCUT2D eigenvalue weighted by Crippen LogP contribution is -2.22. The summed E-state index contributed by atoms with van der Waals surface area (Å²) >= 11 is 7.54. The summed E-state index contributed by atoms with van der Waals surface area (Å²) < 4.78 is 0. The molecule has 5 heteroatoms. The number of anilines is 1. The summed E-state index contributed by atoms with van der Waals surface area (Å²) in [6, 6.07) is 16.7. The van der Waals surface area contributed by atoms with Crippen LogP contribution in [0.2, 0.25) is 5.02 Å². The second kappa shape index (κ2) is 7.88. The molecule has 2 aromatic carbocycles. The van der Waals surface area contributed by atoms with Crippen LogP contribution in [0.3, 0.4) is 0 Å². The first-order valence-electron chi connectivity index (χ1n) is 6.76. The van der Waals surface area contributed by atoms with Gasteiger partial charge in [-0.15, -0.1) is 11.8 Å². The molecular weight excluding hydrogens is 316 g/mol. The molecule has 1 amide bonds. The summed E-state index contributed by atoms with van der Waals surface area (Å²) in [5, 5.41) is 12.0. The van der Waals surface area contributed by atoms with Crippen molar-refractivity contribution in [3.05, 3.63) is 64.7 Å². The Hall–Kier alpha value is -1.96. The molecular formula is C17H15ClN2OS. The van der Waals surface area contributed by atoms with Gasteiger partial charge in [-0.25, -0.2) is 0 Å². The number of amides is 1. The molecule has 0 aliphatic heterocycles. The lowest BCUT2D eigenvalue weighted by molar-refractivity contribution is -0.115. The standard InChI is InChI=1S/C17H15ClN2OS/c1-12(17(21)20-16-8-3-2-7-15(16)18)22-11-14-6-4-5-13(9-14)10-19/h2-9,12H,11H2,1H3,(H,20,21). The maximum atomic E-state index is 12.2. The fourth-order valence-electron chi connectivity index (χ4n) is 1.82. The maximum absolute atomic E-state index is 12.2. The zero-order valence-electron chi connectivity index (χ0n) is 12.0. The van der Waals surface area contributed by atoms with Crippen LogP contribution in [0, 0.1) is 11.3 Å². The van der Waals surface area contributed by atoms with Crippen LogP contribution < -0.4 is 5.32 Å². The number of hydrogen-bond donors (Lipinski definition) is 1. The smallest absolute Gasteiger partial charge is 0.237 e. The number of carbonyl (C=O) groups is 1. The van der Waals surface area contributed by atoms with Crippen LogP contribution in [-0.2, 0) is 10.5 Å². The van der Waals surface area contributed by atoms with Gasteiger partial charge >= 0.3 is 0 Å². The Kier molecular flexibility index (Phi) is 5.88. The molecule has 1 atom stereocenters. The number of carbonyl (C=O) groups excluding carboxylic acids is 1. The van der Waals surface area contributed by atoms with Crippen LogP contribution >= 0.6 is 23.4 Å². The van der Waals surface area contributed by atoms with E-state index in [0.717, 1.165) is 5.56 Å². The molecule has 0 saturated heterocycles. The highest BCUT2D eigenvalue weighted by Gasteiger charge is 2.14. The molecule has 2 rings (SSSR count). The van der Waals surface area contributed by atoms with Crippen LogP contribution in [-0.4, -0.2) is 11.2 Å². The summed E-state index contributed by atoms with van der Waals surface area (Å²) in [5.41, 5.74) is 2.28. The van der Waals surface area contributed by atoms with Gasteiger partial charge in [0.15, 0.2) is 0 Å². The van der Waals surface area contributed by atoms with Crippen molar-refractivity contribution in [2.45, 2.75) is 17.9 Å². The van der Waals surface area contributed by atoms with Crippen molar-refractivity contribution in [2.75, 3.05) is 5.32 Å². The normalized spacial score (nSPS) is 11.5. The van der Waals surface area contributed by atoms with Crippen molar-refractivity contribution >= 4 is 35.0 Å². The minimum absolute atomic E-state index is 0.0884.